The molecule has 0 amide bonds. The average Bonchev–Trinajstić information content (AvgIpc) is 2.42. The zero-order chi connectivity index (χ0) is 16.3. The third-order valence-corrected chi connectivity index (χ3v) is 6.67. The smallest absolute Gasteiger partial charge is 0.119 e. The van der Waals surface area contributed by atoms with Crippen molar-refractivity contribution in [1.82, 2.24) is 0 Å². The number of hydrogen-bond acceptors (Lipinski definition) is 2. The predicted molar refractivity (Wildman–Crippen MR) is 90.4 cm³/mol. The van der Waals surface area contributed by atoms with Crippen molar-refractivity contribution < 1.29 is 10.2 Å². The Morgan fingerprint density at radius 3 is 2.45 bits per heavy atom. The Labute approximate surface area is 134 Å². The topological polar surface area (TPSA) is 40.5 Å². The van der Waals surface area contributed by atoms with Gasteiger partial charge in [-0.3, -0.25) is 0 Å². The molecule has 0 spiro atoms. The molecule has 0 bridgehead atoms. The van der Waals surface area contributed by atoms with E-state index in [-0.39, 0.29) is 16.9 Å². The van der Waals surface area contributed by atoms with Crippen LogP contribution in [-0.2, 0) is 11.8 Å². The number of phenols is 1. The van der Waals surface area contributed by atoms with Gasteiger partial charge in [0, 0.05) is 0 Å². The van der Waals surface area contributed by atoms with Crippen molar-refractivity contribution in [3.63, 3.8) is 0 Å². The summed E-state index contributed by atoms with van der Waals surface area (Å²) in [6.45, 7) is 11.2. The summed E-state index contributed by atoms with van der Waals surface area (Å²) in [5, 5.41) is 20.8. The minimum Gasteiger partial charge on any atom is -0.508 e. The zero-order valence-corrected chi connectivity index (χ0v) is 14.6. The summed E-state index contributed by atoms with van der Waals surface area (Å²) in [4.78, 5) is 0. The Morgan fingerprint density at radius 1 is 1.14 bits per heavy atom. The van der Waals surface area contributed by atoms with E-state index in [9.17, 15) is 10.2 Å². The fourth-order valence-corrected chi connectivity index (χ4v) is 5.44. The highest BCUT2D eigenvalue weighted by atomic mass is 16.3. The van der Waals surface area contributed by atoms with E-state index in [0.717, 1.165) is 31.2 Å². The van der Waals surface area contributed by atoms with Crippen LogP contribution in [0.15, 0.2) is 12.1 Å². The predicted octanol–water partition coefficient (Wildman–Crippen LogP) is 4.52. The van der Waals surface area contributed by atoms with Crippen molar-refractivity contribution in [3.05, 3.63) is 28.8 Å². The summed E-state index contributed by atoms with van der Waals surface area (Å²) in [7, 11) is 0. The number of fused-ring (bicyclic) bond motifs is 3. The van der Waals surface area contributed by atoms with Crippen molar-refractivity contribution >= 4 is 0 Å². The third-order valence-electron chi connectivity index (χ3n) is 6.67. The van der Waals surface area contributed by atoms with E-state index in [1.807, 2.05) is 6.07 Å². The van der Waals surface area contributed by atoms with E-state index in [1.165, 1.54) is 11.1 Å². The largest absolute Gasteiger partial charge is 0.508 e. The summed E-state index contributed by atoms with van der Waals surface area (Å²) in [6.07, 6.45) is 3.84. The Bertz CT molecular complexity index is 588. The van der Waals surface area contributed by atoms with Crippen LogP contribution < -0.4 is 0 Å². The zero-order valence-electron chi connectivity index (χ0n) is 14.6. The Kier molecular flexibility index (Phi) is 3.60. The van der Waals surface area contributed by atoms with Crippen LogP contribution in [0.2, 0.25) is 0 Å². The van der Waals surface area contributed by atoms with Crippen molar-refractivity contribution in [2.24, 2.45) is 11.3 Å². The van der Waals surface area contributed by atoms with Crippen LogP contribution in [-0.4, -0.2) is 16.3 Å². The first-order chi connectivity index (χ1) is 10.2. The maximum atomic E-state index is 10.5. The summed E-state index contributed by atoms with van der Waals surface area (Å²) in [6, 6.07) is 4.04. The number of aromatic hydroxyl groups is 1. The molecule has 2 aliphatic carbocycles. The van der Waals surface area contributed by atoms with Crippen LogP contribution in [0.3, 0.4) is 0 Å². The first-order valence-corrected chi connectivity index (χ1v) is 8.73. The molecular formula is C20H30O2. The van der Waals surface area contributed by atoms with Crippen LogP contribution in [0, 0.1) is 11.3 Å². The molecule has 0 radical (unpaired) electrons. The van der Waals surface area contributed by atoms with Crippen LogP contribution in [0.4, 0.5) is 0 Å². The van der Waals surface area contributed by atoms with E-state index in [1.54, 1.807) is 0 Å². The molecule has 3 atom stereocenters. The molecule has 3 rings (SSSR count). The molecular weight excluding hydrogens is 272 g/mol. The van der Waals surface area contributed by atoms with Gasteiger partial charge >= 0.3 is 0 Å². The number of aliphatic hydroxyl groups excluding tert-OH is 1. The summed E-state index contributed by atoms with van der Waals surface area (Å²) < 4.78 is 0. The minimum atomic E-state index is -0.200. The summed E-state index contributed by atoms with van der Waals surface area (Å²) >= 11 is 0. The first-order valence-electron chi connectivity index (χ1n) is 8.73. The lowest BCUT2D eigenvalue weighted by Gasteiger charge is -2.56. The number of phenolic OH excluding ortho intramolecular Hbond substituents is 1. The quantitative estimate of drug-likeness (QED) is 0.801. The minimum absolute atomic E-state index is 0.0411. The SMILES string of the molecule is CC(C)c1c(O)ccc2c1CC[C@@H]1C(C)(C)[C@@H](O)CC[C@]21C. The molecule has 0 unspecified atom stereocenters. The van der Waals surface area contributed by atoms with Gasteiger partial charge in [0.1, 0.15) is 5.75 Å². The molecule has 2 nitrogen and oxygen atoms in total. The molecule has 1 aromatic rings. The average molecular weight is 302 g/mol. The lowest BCUT2D eigenvalue weighted by molar-refractivity contribution is -0.0731. The summed E-state index contributed by atoms with van der Waals surface area (Å²) in [5.41, 5.74) is 4.01. The monoisotopic (exact) mass is 302 g/mol. The molecule has 2 aliphatic rings. The van der Waals surface area contributed by atoms with Crippen LogP contribution in [0.5, 0.6) is 5.75 Å². The second kappa shape index (κ2) is 4.99. The van der Waals surface area contributed by atoms with E-state index in [0.29, 0.717) is 17.6 Å². The van der Waals surface area contributed by atoms with Crippen LogP contribution in [0.25, 0.3) is 0 Å². The van der Waals surface area contributed by atoms with Gasteiger partial charge in [-0.15, -0.1) is 0 Å². The highest BCUT2D eigenvalue weighted by Gasteiger charge is 2.53. The van der Waals surface area contributed by atoms with Gasteiger partial charge < -0.3 is 10.2 Å². The number of aliphatic hydroxyl groups is 1. The van der Waals surface area contributed by atoms with E-state index in [4.69, 9.17) is 0 Å². The van der Waals surface area contributed by atoms with E-state index in [2.05, 4.69) is 40.7 Å². The fourth-order valence-electron chi connectivity index (χ4n) is 5.44. The standard InChI is InChI=1S/C20H30O2/c1-12(2)18-13-6-9-16-19(3,4)17(22)10-11-20(16,5)14(13)7-8-15(18)21/h7-8,12,16-17,21-22H,6,9-11H2,1-5H3/t16-,17+,20-/m1/s1. The molecule has 0 aliphatic heterocycles. The highest BCUT2D eigenvalue weighted by molar-refractivity contribution is 5.51. The molecule has 22 heavy (non-hydrogen) atoms. The molecule has 0 saturated heterocycles. The molecule has 1 saturated carbocycles. The fraction of sp³-hybridized carbons (Fsp3) is 0.700. The lowest BCUT2D eigenvalue weighted by Crippen LogP contribution is -2.54. The van der Waals surface area contributed by atoms with Crippen LogP contribution in [0.1, 0.15) is 76.5 Å². The van der Waals surface area contributed by atoms with Gasteiger partial charge in [-0.25, -0.2) is 0 Å². The van der Waals surface area contributed by atoms with Gasteiger partial charge in [-0.1, -0.05) is 40.7 Å². The van der Waals surface area contributed by atoms with E-state index < -0.39 is 0 Å². The molecule has 2 N–H and O–H groups in total. The first kappa shape index (κ1) is 15.9. The Balaban J connectivity index is 2.16. The maximum absolute atomic E-state index is 10.5. The van der Waals surface area contributed by atoms with Gasteiger partial charge in [0.15, 0.2) is 0 Å². The molecule has 1 fully saturated rings. The maximum Gasteiger partial charge on any atom is 0.119 e. The number of hydrogen-bond donors (Lipinski definition) is 2. The lowest BCUT2D eigenvalue weighted by atomic mass is 9.49. The van der Waals surface area contributed by atoms with Gasteiger partial charge in [-0.05, 0) is 71.1 Å². The number of rotatable bonds is 1. The molecule has 1 aromatic carbocycles. The van der Waals surface area contributed by atoms with E-state index >= 15 is 0 Å². The van der Waals surface area contributed by atoms with Crippen molar-refractivity contribution in [2.75, 3.05) is 0 Å². The van der Waals surface area contributed by atoms with Crippen LogP contribution >= 0.6 is 0 Å². The third kappa shape index (κ3) is 2.03. The second-order valence-corrected chi connectivity index (χ2v) is 8.56. The van der Waals surface area contributed by atoms with Gasteiger partial charge in [0.2, 0.25) is 0 Å². The van der Waals surface area contributed by atoms with Gasteiger partial charge in [-0.2, -0.15) is 0 Å². The highest BCUT2D eigenvalue weighted by Crippen LogP contribution is 2.58. The summed E-state index contributed by atoms with van der Waals surface area (Å²) in [5.74, 6) is 1.30. The molecule has 2 heteroatoms. The van der Waals surface area contributed by atoms with Crippen molar-refractivity contribution in [2.45, 2.75) is 77.7 Å². The second-order valence-electron chi connectivity index (χ2n) is 8.56. The Hall–Kier alpha value is -1.02. The normalized spacial score (nSPS) is 33.4. The van der Waals surface area contributed by atoms with Crippen molar-refractivity contribution in [3.8, 4) is 5.75 Å². The Morgan fingerprint density at radius 2 is 1.82 bits per heavy atom. The number of benzene rings is 1. The van der Waals surface area contributed by atoms with Gasteiger partial charge in [0.25, 0.3) is 0 Å². The van der Waals surface area contributed by atoms with Gasteiger partial charge in [0.05, 0.1) is 6.10 Å². The van der Waals surface area contributed by atoms with Crippen molar-refractivity contribution in [1.29, 1.82) is 0 Å². The molecule has 0 aromatic heterocycles. The molecule has 122 valence electrons. The molecule has 0 heterocycles.